The Morgan fingerprint density at radius 2 is 1.77 bits per heavy atom. The number of carboxylic acid groups (broad SMARTS) is 1. The quantitative estimate of drug-likeness (QED) is 0.739. The number of halogens is 2. The third kappa shape index (κ3) is 4.14. The van der Waals surface area contributed by atoms with Crippen molar-refractivity contribution in [3.8, 4) is 11.5 Å². The lowest BCUT2D eigenvalue weighted by molar-refractivity contribution is -0.135. The van der Waals surface area contributed by atoms with Gasteiger partial charge in [-0.15, -0.1) is 0 Å². The second kappa shape index (κ2) is 8.03. The van der Waals surface area contributed by atoms with Gasteiger partial charge in [0, 0.05) is 6.07 Å². The van der Waals surface area contributed by atoms with Crippen molar-refractivity contribution in [2.75, 3.05) is 25.1 Å². The van der Waals surface area contributed by atoms with Crippen LogP contribution in [0.25, 0.3) is 0 Å². The molecule has 0 atom stereocenters. The van der Waals surface area contributed by atoms with Crippen molar-refractivity contribution < 1.29 is 27.8 Å². The largest absolute Gasteiger partial charge is 0.497 e. The van der Waals surface area contributed by atoms with Crippen LogP contribution >= 0.6 is 23.2 Å². The number of hydrogen-bond acceptors (Lipinski definition) is 5. The van der Waals surface area contributed by atoms with Gasteiger partial charge in [0.1, 0.15) is 18.0 Å². The fourth-order valence-corrected chi connectivity index (χ4v) is 3.99. The lowest BCUT2D eigenvalue weighted by Gasteiger charge is -2.25. The lowest BCUT2D eigenvalue weighted by atomic mass is 10.2. The van der Waals surface area contributed by atoms with Crippen LogP contribution in [-0.4, -0.2) is 40.3 Å². The van der Waals surface area contributed by atoms with Gasteiger partial charge in [-0.1, -0.05) is 23.2 Å². The first kappa shape index (κ1) is 20.2. The molecule has 7 nitrogen and oxygen atoms in total. The van der Waals surface area contributed by atoms with Gasteiger partial charge in [-0.25, -0.2) is 8.42 Å². The highest BCUT2D eigenvalue weighted by Gasteiger charge is 2.30. The number of aliphatic carboxylic acids is 1. The normalized spacial score (nSPS) is 11.1. The standard InChI is InChI=1S/C16H15Cl2NO6S/c1-24-10-3-6-14(15(7-10)25-2)19(9-16(20)21)26(22,23)11-4-5-12(17)13(18)8-11/h3-8H,9H2,1-2H3,(H,20,21). The van der Waals surface area contributed by atoms with Gasteiger partial charge in [-0.2, -0.15) is 0 Å². The summed E-state index contributed by atoms with van der Waals surface area (Å²) in [6.45, 7) is -0.814. The predicted molar refractivity (Wildman–Crippen MR) is 98.2 cm³/mol. The van der Waals surface area contributed by atoms with Crippen LogP contribution in [-0.2, 0) is 14.8 Å². The van der Waals surface area contributed by atoms with Crippen molar-refractivity contribution in [3.63, 3.8) is 0 Å². The first-order valence-corrected chi connectivity index (χ1v) is 9.32. The van der Waals surface area contributed by atoms with Crippen molar-refractivity contribution in [2.45, 2.75) is 4.90 Å². The molecule has 0 radical (unpaired) electrons. The maximum Gasteiger partial charge on any atom is 0.324 e. The number of ether oxygens (including phenoxy) is 2. The highest BCUT2D eigenvalue weighted by Crippen LogP contribution is 2.36. The Bertz CT molecular complexity index is 932. The number of nitrogens with zero attached hydrogens (tertiary/aromatic N) is 1. The summed E-state index contributed by atoms with van der Waals surface area (Å²) in [7, 11) is -1.48. The minimum Gasteiger partial charge on any atom is -0.497 e. The van der Waals surface area contributed by atoms with Gasteiger partial charge < -0.3 is 14.6 Å². The summed E-state index contributed by atoms with van der Waals surface area (Å²) in [6.07, 6.45) is 0. The van der Waals surface area contributed by atoms with Crippen LogP contribution in [0.4, 0.5) is 5.69 Å². The van der Waals surface area contributed by atoms with E-state index in [9.17, 15) is 18.3 Å². The van der Waals surface area contributed by atoms with Crippen LogP contribution in [0.2, 0.25) is 10.0 Å². The van der Waals surface area contributed by atoms with Crippen molar-refractivity contribution in [2.24, 2.45) is 0 Å². The highest BCUT2D eigenvalue weighted by molar-refractivity contribution is 7.92. The van der Waals surface area contributed by atoms with Gasteiger partial charge in [0.15, 0.2) is 0 Å². The Kier molecular flexibility index (Phi) is 6.22. The van der Waals surface area contributed by atoms with Gasteiger partial charge in [0.25, 0.3) is 10.0 Å². The number of benzene rings is 2. The fourth-order valence-electron chi connectivity index (χ4n) is 2.18. The van der Waals surface area contributed by atoms with E-state index in [4.69, 9.17) is 32.7 Å². The molecule has 0 fully saturated rings. The van der Waals surface area contributed by atoms with Crippen LogP contribution in [0, 0.1) is 0 Å². The molecule has 1 N–H and O–H groups in total. The van der Waals surface area contributed by atoms with Crippen LogP contribution < -0.4 is 13.8 Å². The Morgan fingerprint density at radius 3 is 2.31 bits per heavy atom. The van der Waals surface area contributed by atoms with Gasteiger partial charge >= 0.3 is 5.97 Å². The van der Waals surface area contributed by atoms with Gasteiger partial charge in [0.2, 0.25) is 0 Å². The monoisotopic (exact) mass is 419 g/mol. The number of methoxy groups -OCH3 is 2. The summed E-state index contributed by atoms with van der Waals surface area (Å²) in [5, 5.41) is 9.41. The smallest absolute Gasteiger partial charge is 0.324 e. The van der Waals surface area contributed by atoms with E-state index in [1.165, 1.54) is 44.6 Å². The molecule has 0 spiro atoms. The molecule has 0 heterocycles. The molecule has 0 aliphatic carbocycles. The summed E-state index contributed by atoms with van der Waals surface area (Å²) < 4.78 is 37.0. The number of carboxylic acids is 1. The zero-order chi connectivity index (χ0) is 19.5. The van der Waals surface area contributed by atoms with E-state index >= 15 is 0 Å². The predicted octanol–water partition coefficient (Wildman–Crippen LogP) is 3.29. The van der Waals surface area contributed by atoms with Crippen LogP contribution in [0.5, 0.6) is 11.5 Å². The summed E-state index contributed by atoms with van der Waals surface area (Å²) in [5.74, 6) is -0.784. The molecule has 0 amide bonds. The van der Waals surface area contributed by atoms with E-state index in [1.54, 1.807) is 0 Å². The van der Waals surface area contributed by atoms with Crippen LogP contribution in [0.1, 0.15) is 0 Å². The number of anilines is 1. The Hall–Kier alpha value is -2.16. The SMILES string of the molecule is COc1ccc(N(CC(=O)O)S(=O)(=O)c2ccc(Cl)c(Cl)c2)c(OC)c1. The molecule has 0 aliphatic heterocycles. The minimum atomic E-state index is -4.25. The van der Waals surface area contributed by atoms with Crippen molar-refractivity contribution >= 4 is 44.9 Å². The molecular formula is C16H15Cl2NO6S. The minimum absolute atomic E-state index is 0.0321. The first-order valence-electron chi connectivity index (χ1n) is 7.12. The lowest BCUT2D eigenvalue weighted by Crippen LogP contribution is -2.36. The van der Waals surface area contributed by atoms with Crippen molar-refractivity contribution in [1.29, 1.82) is 0 Å². The Labute approximate surface area is 160 Å². The molecule has 26 heavy (non-hydrogen) atoms. The Balaban J connectivity index is 2.64. The molecule has 140 valence electrons. The van der Waals surface area contributed by atoms with E-state index < -0.39 is 22.5 Å². The molecule has 0 aromatic heterocycles. The first-order chi connectivity index (χ1) is 12.2. The van der Waals surface area contributed by atoms with Gasteiger partial charge in [-0.3, -0.25) is 9.10 Å². The average Bonchev–Trinajstić information content (AvgIpc) is 2.61. The molecule has 0 unspecified atom stereocenters. The summed E-state index contributed by atoms with van der Waals surface area (Å²) in [5.41, 5.74) is 0.0433. The molecule has 2 aromatic rings. The van der Waals surface area contributed by atoms with Crippen LogP contribution in [0.15, 0.2) is 41.3 Å². The number of hydrogen-bond donors (Lipinski definition) is 1. The Morgan fingerprint density at radius 1 is 1.08 bits per heavy atom. The number of rotatable bonds is 7. The zero-order valence-electron chi connectivity index (χ0n) is 13.8. The topological polar surface area (TPSA) is 93.1 Å². The summed E-state index contributed by atoms with van der Waals surface area (Å²) >= 11 is 11.7. The van der Waals surface area contributed by atoms with Crippen molar-refractivity contribution in [1.82, 2.24) is 0 Å². The maximum atomic E-state index is 13.0. The number of carbonyl (C=O) groups is 1. The molecule has 0 saturated heterocycles. The third-order valence-electron chi connectivity index (χ3n) is 3.41. The van der Waals surface area contributed by atoms with E-state index in [-0.39, 0.29) is 26.4 Å². The zero-order valence-corrected chi connectivity index (χ0v) is 16.1. The molecule has 2 rings (SSSR count). The van der Waals surface area contributed by atoms with Gasteiger partial charge in [0.05, 0.1) is 34.8 Å². The van der Waals surface area contributed by atoms with E-state index in [1.807, 2.05) is 0 Å². The second-order valence-electron chi connectivity index (χ2n) is 5.02. The average molecular weight is 420 g/mol. The molecule has 2 aromatic carbocycles. The summed E-state index contributed by atoms with van der Waals surface area (Å²) in [4.78, 5) is 11.1. The van der Waals surface area contributed by atoms with E-state index in [0.29, 0.717) is 10.1 Å². The molecule has 0 saturated carbocycles. The number of sulfonamides is 1. The van der Waals surface area contributed by atoms with Gasteiger partial charge in [-0.05, 0) is 30.3 Å². The van der Waals surface area contributed by atoms with Crippen LogP contribution in [0.3, 0.4) is 0 Å². The van der Waals surface area contributed by atoms with Crippen molar-refractivity contribution in [3.05, 3.63) is 46.4 Å². The maximum absolute atomic E-state index is 13.0. The third-order valence-corrected chi connectivity index (χ3v) is 5.91. The molecule has 0 bridgehead atoms. The fraction of sp³-hybridized carbons (Fsp3) is 0.188. The summed E-state index contributed by atoms with van der Waals surface area (Å²) in [6, 6.07) is 8.07. The highest BCUT2D eigenvalue weighted by atomic mass is 35.5. The van der Waals surface area contributed by atoms with E-state index in [0.717, 1.165) is 6.07 Å². The van der Waals surface area contributed by atoms with E-state index in [2.05, 4.69) is 0 Å². The molecule has 0 aliphatic rings. The molecule has 10 heteroatoms. The second-order valence-corrected chi connectivity index (χ2v) is 7.70. The molecular weight excluding hydrogens is 405 g/mol.